The van der Waals surface area contributed by atoms with Gasteiger partial charge in [-0.2, -0.15) is 0 Å². The summed E-state index contributed by atoms with van der Waals surface area (Å²) >= 11 is 0. The van der Waals surface area contributed by atoms with Crippen molar-refractivity contribution >= 4 is 17.1 Å². The number of nitrogens with two attached hydrogens (primary N) is 1. The summed E-state index contributed by atoms with van der Waals surface area (Å²) in [5.41, 5.74) is 11.0. The second-order valence-electron chi connectivity index (χ2n) is 4.45. The molecule has 0 aromatic heterocycles. The van der Waals surface area contributed by atoms with E-state index in [2.05, 4.69) is 37.4 Å². The normalized spacial score (nSPS) is 10.2. The molecule has 3 heteroatoms. The van der Waals surface area contributed by atoms with E-state index in [-0.39, 0.29) is 0 Å². The van der Waals surface area contributed by atoms with Crippen LogP contribution in [0.1, 0.15) is 11.1 Å². The quantitative estimate of drug-likeness (QED) is 0.808. The maximum atomic E-state index is 5.95. The smallest absolute Gasteiger partial charge is 0.121 e. The summed E-state index contributed by atoms with van der Waals surface area (Å²) in [6.45, 7) is 4.15. The van der Waals surface area contributed by atoms with Gasteiger partial charge < -0.3 is 15.8 Å². The summed E-state index contributed by atoms with van der Waals surface area (Å²) in [7, 11) is 1.64. The molecule has 2 rings (SSSR count). The summed E-state index contributed by atoms with van der Waals surface area (Å²) in [4.78, 5) is 0. The Morgan fingerprint density at radius 2 is 1.67 bits per heavy atom. The van der Waals surface area contributed by atoms with Crippen LogP contribution in [-0.2, 0) is 0 Å². The Bertz CT molecular complexity index is 544. The number of aryl methyl sites for hydroxylation is 2. The number of rotatable bonds is 3. The van der Waals surface area contributed by atoms with E-state index in [1.165, 1.54) is 11.1 Å². The zero-order valence-electron chi connectivity index (χ0n) is 10.9. The number of nitrogens with one attached hydrogen (secondary N) is 1. The van der Waals surface area contributed by atoms with Crippen LogP contribution in [0, 0.1) is 13.8 Å². The van der Waals surface area contributed by atoms with Crippen molar-refractivity contribution in [2.75, 3.05) is 18.2 Å². The van der Waals surface area contributed by atoms with Crippen LogP contribution in [-0.4, -0.2) is 7.11 Å². The highest BCUT2D eigenvalue weighted by Crippen LogP contribution is 2.28. The van der Waals surface area contributed by atoms with Gasteiger partial charge in [-0.15, -0.1) is 0 Å². The molecule has 2 aromatic carbocycles. The molecule has 3 N–H and O–H groups in total. The van der Waals surface area contributed by atoms with Crippen LogP contribution in [0.15, 0.2) is 36.4 Å². The van der Waals surface area contributed by atoms with Crippen molar-refractivity contribution in [1.82, 2.24) is 0 Å². The molecular formula is C15H18N2O. The fourth-order valence-electron chi connectivity index (χ4n) is 1.97. The molecule has 0 aliphatic heterocycles. The Kier molecular flexibility index (Phi) is 3.42. The van der Waals surface area contributed by atoms with Crippen molar-refractivity contribution in [3.05, 3.63) is 47.5 Å². The Balaban J connectivity index is 2.33. The minimum absolute atomic E-state index is 0.704. The van der Waals surface area contributed by atoms with Crippen LogP contribution < -0.4 is 15.8 Å². The highest BCUT2D eigenvalue weighted by Gasteiger charge is 2.03. The highest BCUT2D eigenvalue weighted by molar-refractivity contribution is 5.74. The van der Waals surface area contributed by atoms with E-state index in [1.807, 2.05) is 18.2 Å². The van der Waals surface area contributed by atoms with Gasteiger partial charge in [0.25, 0.3) is 0 Å². The van der Waals surface area contributed by atoms with Crippen molar-refractivity contribution in [3.8, 4) is 5.75 Å². The number of methoxy groups -OCH3 is 1. The Morgan fingerprint density at radius 3 is 2.28 bits per heavy atom. The van der Waals surface area contributed by atoms with Gasteiger partial charge in [-0.05, 0) is 49.2 Å². The maximum absolute atomic E-state index is 5.95. The molecule has 18 heavy (non-hydrogen) atoms. The first kappa shape index (κ1) is 12.3. The molecule has 0 heterocycles. The molecule has 0 unspecified atom stereocenters. The third-order valence-electron chi connectivity index (χ3n) is 2.76. The molecule has 0 saturated heterocycles. The molecule has 0 spiro atoms. The predicted octanol–water partition coefficient (Wildman–Crippen LogP) is 3.64. The molecule has 0 saturated carbocycles. The van der Waals surface area contributed by atoms with Crippen LogP contribution in [0.2, 0.25) is 0 Å². The number of benzene rings is 2. The van der Waals surface area contributed by atoms with Crippen molar-refractivity contribution in [2.45, 2.75) is 13.8 Å². The van der Waals surface area contributed by atoms with Crippen molar-refractivity contribution < 1.29 is 4.74 Å². The minimum atomic E-state index is 0.704. The summed E-state index contributed by atoms with van der Waals surface area (Å²) in [5.74, 6) is 0.788. The van der Waals surface area contributed by atoms with Crippen LogP contribution in [0.5, 0.6) is 5.75 Å². The van der Waals surface area contributed by atoms with Crippen LogP contribution in [0.3, 0.4) is 0 Å². The zero-order chi connectivity index (χ0) is 13.1. The third kappa shape index (κ3) is 2.74. The van der Waals surface area contributed by atoms with Gasteiger partial charge >= 0.3 is 0 Å². The molecule has 0 atom stereocenters. The molecule has 0 aliphatic carbocycles. The fourth-order valence-corrected chi connectivity index (χ4v) is 1.97. The van der Waals surface area contributed by atoms with E-state index in [4.69, 9.17) is 10.5 Å². The summed E-state index contributed by atoms with van der Waals surface area (Å²) in [6, 6.07) is 11.9. The maximum Gasteiger partial charge on any atom is 0.121 e. The van der Waals surface area contributed by atoms with Crippen LogP contribution in [0.25, 0.3) is 0 Å². The highest BCUT2D eigenvalue weighted by atomic mass is 16.5. The largest absolute Gasteiger partial charge is 0.497 e. The van der Waals surface area contributed by atoms with E-state index < -0.39 is 0 Å². The van der Waals surface area contributed by atoms with E-state index in [1.54, 1.807) is 7.11 Å². The summed E-state index contributed by atoms with van der Waals surface area (Å²) < 4.78 is 5.20. The van der Waals surface area contributed by atoms with Gasteiger partial charge in [-0.1, -0.05) is 6.07 Å². The number of hydrogen-bond acceptors (Lipinski definition) is 3. The topological polar surface area (TPSA) is 47.3 Å². The minimum Gasteiger partial charge on any atom is -0.497 e. The number of anilines is 3. The average molecular weight is 242 g/mol. The van der Waals surface area contributed by atoms with Gasteiger partial charge in [0, 0.05) is 11.8 Å². The van der Waals surface area contributed by atoms with Gasteiger partial charge in [0.1, 0.15) is 5.75 Å². The van der Waals surface area contributed by atoms with E-state index in [9.17, 15) is 0 Å². The van der Waals surface area contributed by atoms with Gasteiger partial charge in [0.15, 0.2) is 0 Å². The summed E-state index contributed by atoms with van der Waals surface area (Å²) in [5, 5.41) is 3.32. The van der Waals surface area contributed by atoms with Crippen molar-refractivity contribution in [2.24, 2.45) is 0 Å². The Morgan fingerprint density at radius 1 is 1.00 bits per heavy atom. The van der Waals surface area contributed by atoms with Crippen LogP contribution in [0.4, 0.5) is 17.1 Å². The molecule has 0 aliphatic rings. The second-order valence-corrected chi connectivity index (χ2v) is 4.45. The molecule has 3 nitrogen and oxygen atoms in total. The lowest BCUT2D eigenvalue weighted by Gasteiger charge is -2.12. The first-order chi connectivity index (χ1) is 8.58. The summed E-state index contributed by atoms with van der Waals surface area (Å²) in [6.07, 6.45) is 0. The van der Waals surface area contributed by atoms with Gasteiger partial charge in [0.05, 0.1) is 18.5 Å². The number of ether oxygens (including phenoxy) is 1. The second kappa shape index (κ2) is 5.00. The Hall–Kier alpha value is -2.16. The molecule has 0 bridgehead atoms. The first-order valence-corrected chi connectivity index (χ1v) is 5.87. The number of hydrogen-bond donors (Lipinski definition) is 2. The van der Waals surface area contributed by atoms with Gasteiger partial charge in [-0.25, -0.2) is 0 Å². The monoisotopic (exact) mass is 242 g/mol. The molecule has 0 fully saturated rings. The van der Waals surface area contributed by atoms with Gasteiger partial charge in [0.2, 0.25) is 0 Å². The SMILES string of the molecule is COc1ccc(N)c(Nc2cc(C)cc(C)c2)c1. The first-order valence-electron chi connectivity index (χ1n) is 5.87. The van der Waals surface area contributed by atoms with Crippen molar-refractivity contribution in [1.29, 1.82) is 0 Å². The molecule has 0 amide bonds. The van der Waals surface area contributed by atoms with Crippen LogP contribution >= 0.6 is 0 Å². The zero-order valence-corrected chi connectivity index (χ0v) is 10.9. The lowest BCUT2D eigenvalue weighted by Crippen LogP contribution is -1.97. The standard InChI is InChI=1S/C15H18N2O/c1-10-6-11(2)8-12(7-10)17-15-9-13(18-3)4-5-14(15)16/h4-9,17H,16H2,1-3H3. The fraction of sp³-hybridized carbons (Fsp3) is 0.200. The van der Waals surface area contributed by atoms with E-state index in [0.717, 1.165) is 17.1 Å². The average Bonchev–Trinajstić information content (AvgIpc) is 2.30. The number of nitrogen functional groups attached to an aromatic ring is 1. The van der Waals surface area contributed by atoms with E-state index in [0.29, 0.717) is 5.69 Å². The van der Waals surface area contributed by atoms with Crippen molar-refractivity contribution in [3.63, 3.8) is 0 Å². The van der Waals surface area contributed by atoms with Gasteiger partial charge in [-0.3, -0.25) is 0 Å². The lowest BCUT2D eigenvalue weighted by atomic mass is 10.1. The molecule has 0 radical (unpaired) electrons. The molecule has 2 aromatic rings. The molecular weight excluding hydrogens is 224 g/mol. The Labute approximate surface area is 108 Å². The predicted molar refractivity (Wildman–Crippen MR) is 76.6 cm³/mol. The lowest BCUT2D eigenvalue weighted by molar-refractivity contribution is 0.415. The van der Waals surface area contributed by atoms with E-state index >= 15 is 0 Å². The third-order valence-corrected chi connectivity index (χ3v) is 2.76. The molecule has 94 valence electrons.